The topological polar surface area (TPSA) is 0 Å². The van der Waals surface area contributed by atoms with Crippen molar-refractivity contribution >= 4 is 34.2 Å². The van der Waals surface area contributed by atoms with Crippen molar-refractivity contribution in [2.45, 2.75) is 46.0 Å². The Bertz CT molecular complexity index is 947. The van der Waals surface area contributed by atoms with E-state index in [9.17, 15) is 0 Å². The van der Waals surface area contributed by atoms with Crippen LogP contribution in [0, 0.1) is 14.9 Å². The fourth-order valence-electron chi connectivity index (χ4n) is 5.43. The lowest BCUT2D eigenvalue weighted by Gasteiger charge is -2.33. The van der Waals surface area contributed by atoms with Crippen LogP contribution < -0.4 is 0 Å². The molecule has 0 fully saturated rings. The predicted molar refractivity (Wildman–Crippen MR) is 120 cm³/mol. The normalized spacial score (nSPS) is 25.4. The number of rotatable bonds is 1. The zero-order chi connectivity index (χ0) is 17.9. The molecule has 0 radical (unpaired) electrons. The van der Waals surface area contributed by atoms with Crippen molar-refractivity contribution in [1.29, 1.82) is 0 Å². The zero-order valence-corrected chi connectivity index (χ0v) is 17.8. The van der Waals surface area contributed by atoms with Gasteiger partial charge in [-0.15, -0.1) is 0 Å². The summed E-state index contributed by atoms with van der Waals surface area (Å²) in [5, 5.41) is 0. The van der Waals surface area contributed by atoms with Gasteiger partial charge in [-0.3, -0.25) is 0 Å². The largest absolute Gasteiger partial charge is 0.0839 e. The average Bonchev–Trinajstić information content (AvgIpc) is 2.90. The molecule has 0 N–H and O–H groups in total. The maximum Gasteiger partial charge on any atom is 0.0205 e. The Morgan fingerprint density at radius 2 is 1.81 bits per heavy atom. The quantitative estimate of drug-likeness (QED) is 0.393. The Balaban J connectivity index is 1.60. The van der Waals surface area contributed by atoms with Gasteiger partial charge in [-0.25, -0.2) is 0 Å². The van der Waals surface area contributed by atoms with Gasteiger partial charge in [0.15, 0.2) is 0 Å². The molecule has 0 saturated carbocycles. The van der Waals surface area contributed by atoms with Gasteiger partial charge in [0, 0.05) is 3.57 Å². The number of fused-ring (bicyclic) bond motifs is 3. The Morgan fingerprint density at radius 3 is 2.69 bits per heavy atom. The van der Waals surface area contributed by atoms with Crippen molar-refractivity contribution in [2.75, 3.05) is 0 Å². The van der Waals surface area contributed by atoms with Crippen molar-refractivity contribution < 1.29 is 0 Å². The summed E-state index contributed by atoms with van der Waals surface area (Å²) in [6, 6.07) is 4.68. The molecule has 1 unspecified atom stereocenters. The number of allylic oxidation sites excluding steroid dienone is 9. The Hall–Kier alpha value is -1.35. The third-order valence-electron chi connectivity index (χ3n) is 6.84. The van der Waals surface area contributed by atoms with E-state index in [4.69, 9.17) is 0 Å². The third kappa shape index (κ3) is 2.39. The highest BCUT2D eigenvalue weighted by Crippen LogP contribution is 2.57. The van der Waals surface area contributed by atoms with Gasteiger partial charge < -0.3 is 0 Å². The molecule has 132 valence electrons. The van der Waals surface area contributed by atoms with Gasteiger partial charge in [0.2, 0.25) is 0 Å². The van der Waals surface area contributed by atoms with Crippen LogP contribution in [0.1, 0.15) is 56.2 Å². The lowest BCUT2D eigenvalue weighted by molar-refractivity contribution is 0.339. The molecule has 1 aromatic carbocycles. The summed E-state index contributed by atoms with van der Waals surface area (Å²) in [4.78, 5) is 0. The highest BCUT2D eigenvalue weighted by molar-refractivity contribution is 14.1. The Morgan fingerprint density at radius 1 is 1.00 bits per heavy atom. The summed E-state index contributed by atoms with van der Waals surface area (Å²) in [7, 11) is 0. The monoisotopic (exact) mass is 452 g/mol. The first kappa shape index (κ1) is 16.8. The molecule has 0 saturated heterocycles. The average molecular weight is 452 g/mol. The van der Waals surface area contributed by atoms with Gasteiger partial charge in [0.25, 0.3) is 0 Å². The number of hydrogen-bond acceptors (Lipinski definition) is 0. The van der Waals surface area contributed by atoms with Crippen LogP contribution >= 0.6 is 22.6 Å². The molecule has 4 aliphatic carbocycles. The van der Waals surface area contributed by atoms with Crippen LogP contribution in [0.25, 0.3) is 11.6 Å². The van der Waals surface area contributed by atoms with Gasteiger partial charge >= 0.3 is 0 Å². The molecular formula is C25H25I. The minimum Gasteiger partial charge on any atom is -0.0839 e. The van der Waals surface area contributed by atoms with Crippen molar-refractivity contribution in [2.24, 2.45) is 11.3 Å². The highest BCUT2D eigenvalue weighted by atomic mass is 127. The summed E-state index contributed by atoms with van der Waals surface area (Å²) >= 11 is 2.49. The molecule has 0 aliphatic heterocycles. The molecule has 0 amide bonds. The standard InChI is InChI=1S/C25H25I/c1-25(2)22-10-6-5-8-19(22)20-12-11-16(15-23(20)25)17-13-14-24(26)21-9-4-3-7-18(17)21/h4,6,9-14,23H,3,5,7-8,15H2,1-2H3. The second-order valence-corrected chi connectivity index (χ2v) is 9.72. The van der Waals surface area contributed by atoms with Crippen molar-refractivity contribution in [1.82, 2.24) is 0 Å². The van der Waals surface area contributed by atoms with E-state index in [-0.39, 0.29) is 5.41 Å². The molecule has 4 aliphatic rings. The van der Waals surface area contributed by atoms with Crippen LogP contribution in [-0.4, -0.2) is 0 Å². The second-order valence-electron chi connectivity index (χ2n) is 8.55. The SMILES string of the molecule is CC1(C)C2=C(CCC=C2)C2=CC=C(c3ccc(I)c4c3CCC=C4)CC21. The van der Waals surface area contributed by atoms with Crippen molar-refractivity contribution in [3.63, 3.8) is 0 Å². The Labute approximate surface area is 170 Å². The van der Waals surface area contributed by atoms with Crippen LogP contribution in [0.3, 0.4) is 0 Å². The second kappa shape index (κ2) is 6.09. The van der Waals surface area contributed by atoms with Gasteiger partial charge in [-0.2, -0.15) is 0 Å². The summed E-state index contributed by atoms with van der Waals surface area (Å²) in [5.41, 5.74) is 11.2. The van der Waals surface area contributed by atoms with E-state index in [0.29, 0.717) is 5.92 Å². The lowest BCUT2D eigenvalue weighted by atomic mass is 9.70. The maximum atomic E-state index is 2.49. The molecular weight excluding hydrogens is 427 g/mol. The van der Waals surface area contributed by atoms with E-state index < -0.39 is 0 Å². The van der Waals surface area contributed by atoms with Gasteiger partial charge in [0.1, 0.15) is 0 Å². The van der Waals surface area contributed by atoms with Gasteiger partial charge in [-0.05, 0) is 111 Å². The van der Waals surface area contributed by atoms with Gasteiger partial charge in [-0.1, -0.05) is 56.4 Å². The molecule has 0 spiro atoms. The van der Waals surface area contributed by atoms with Crippen LogP contribution in [0.4, 0.5) is 0 Å². The zero-order valence-electron chi connectivity index (χ0n) is 15.6. The van der Waals surface area contributed by atoms with E-state index >= 15 is 0 Å². The van der Waals surface area contributed by atoms with E-state index in [2.05, 4.69) is 85.0 Å². The first-order valence-electron chi connectivity index (χ1n) is 9.87. The third-order valence-corrected chi connectivity index (χ3v) is 7.78. The molecule has 0 aromatic heterocycles. The van der Waals surface area contributed by atoms with E-state index in [0.717, 1.165) is 0 Å². The minimum atomic E-state index is 0.251. The maximum absolute atomic E-state index is 2.49. The first-order valence-corrected chi connectivity index (χ1v) is 10.9. The van der Waals surface area contributed by atoms with E-state index in [1.54, 1.807) is 27.9 Å². The fraction of sp³-hybridized carbons (Fsp3) is 0.360. The lowest BCUT2D eigenvalue weighted by Crippen LogP contribution is -2.23. The molecule has 0 nitrogen and oxygen atoms in total. The number of halogens is 1. The number of benzene rings is 1. The fourth-order valence-corrected chi connectivity index (χ4v) is 6.11. The predicted octanol–water partition coefficient (Wildman–Crippen LogP) is 7.27. The summed E-state index contributed by atoms with van der Waals surface area (Å²) in [5.74, 6) is 0.629. The van der Waals surface area contributed by atoms with E-state index in [1.165, 1.54) is 46.8 Å². The smallest absolute Gasteiger partial charge is 0.0205 e. The minimum absolute atomic E-state index is 0.251. The highest BCUT2D eigenvalue weighted by Gasteiger charge is 2.45. The first-order chi connectivity index (χ1) is 12.6. The summed E-state index contributed by atoms with van der Waals surface area (Å²) < 4.78 is 1.38. The Kier molecular flexibility index (Phi) is 3.93. The van der Waals surface area contributed by atoms with Gasteiger partial charge in [0.05, 0.1) is 0 Å². The molecule has 0 bridgehead atoms. The van der Waals surface area contributed by atoms with Crippen molar-refractivity contribution in [3.8, 4) is 0 Å². The molecule has 26 heavy (non-hydrogen) atoms. The molecule has 1 heteroatoms. The summed E-state index contributed by atoms with van der Waals surface area (Å²) in [6.45, 7) is 4.91. The van der Waals surface area contributed by atoms with Crippen LogP contribution in [-0.2, 0) is 6.42 Å². The summed E-state index contributed by atoms with van der Waals surface area (Å²) in [6.07, 6.45) is 20.3. The van der Waals surface area contributed by atoms with Crippen LogP contribution in [0.15, 0.2) is 59.2 Å². The number of hydrogen-bond donors (Lipinski definition) is 0. The van der Waals surface area contributed by atoms with Crippen LogP contribution in [0.5, 0.6) is 0 Å². The van der Waals surface area contributed by atoms with E-state index in [1.807, 2.05) is 0 Å². The molecule has 1 atom stereocenters. The van der Waals surface area contributed by atoms with Crippen LogP contribution in [0.2, 0.25) is 0 Å². The van der Waals surface area contributed by atoms with Crippen molar-refractivity contribution in [3.05, 3.63) is 79.5 Å². The molecule has 0 heterocycles. The molecule has 5 rings (SSSR count). The molecule has 1 aromatic rings.